The van der Waals surface area contributed by atoms with Crippen LogP contribution in [0.1, 0.15) is 17.3 Å². The molecule has 3 rings (SSSR count). The van der Waals surface area contributed by atoms with Crippen molar-refractivity contribution in [2.24, 2.45) is 12.8 Å². The van der Waals surface area contributed by atoms with Crippen molar-refractivity contribution >= 4 is 22.6 Å². The largest absolute Gasteiger partial charge is 0.497 e. The van der Waals surface area contributed by atoms with E-state index in [-0.39, 0.29) is 0 Å². The lowest BCUT2D eigenvalue weighted by atomic mass is 10.0. The fourth-order valence-electron chi connectivity index (χ4n) is 2.56. The summed E-state index contributed by atoms with van der Waals surface area (Å²) in [5.41, 5.74) is 9.43. The Morgan fingerprint density at radius 1 is 1.22 bits per heavy atom. The number of pyridine rings is 1. The van der Waals surface area contributed by atoms with Crippen molar-refractivity contribution in [3.05, 3.63) is 47.0 Å². The molecule has 0 bridgehead atoms. The molecule has 0 amide bonds. The number of benzene rings is 1. The molecule has 0 aliphatic heterocycles. The maximum atomic E-state index is 6.44. The van der Waals surface area contributed by atoms with Crippen LogP contribution < -0.4 is 15.2 Å². The first-order valence-corrected chi connectivity index (χ1v) is 7.38. The van der Waals surface area contributed by atoms with Gasteiger partial charge in [-0.3, -0.25) is 0 Å². The highest BCUT2D eigenvalue weighted by Gasteiger charge is 2.21. The van der Waals surface area contributed by atoms with E-state index in [1.54, 1.807) is 32.7 Å². The van der Waals surface area contributed by atoms with Crippen molar-refractivity contribution in [3.8, 4) is 11.5 Å². The molecular weight excluding hydrogens is 316 g/mol. The molecule has 6 nitrogen and oxygen atoms in total. The lowest BCUT2D eigenvalue weighted by Gasteiger charge is -2.17. The summed E-state index contributed by atoms with van der Waals surface area (Å²) in [5, 5.41) is 0.374. The van der Waals surface area contributed by atoms with E-state index in [1.807, 2.05) is 23.7 Å². The van der Waals surface area contributed by atoms with E-state index in [9.17, 15) is 0 Å². The third-order valence-corrected chi connectivity index (χ3v) is 3.97. The topological polar surface area (TPSA) is 75.2 Å². The first-order valence-electron chi connectivity index (χ1n) is 7.00. The molecule has 0 aliphatic rings. The second kappa shape index (κ2) is 6.06. The second-order valence-electron chi connectivity index (χ2n) is 5.14. The van der Waals surface area contributed by atoms with Crippen LogP contribution in [-0.4, -0.2) is 28.8 Å². The summed E-state index contributed by atoms with van der Waals surface area (Å²) < 4.78 is 12.5. The van der Waals surface area contributed by atoms with Crippen molar-refractivity contribution in [2.75, 3.05) is 14.2 Å². The van der Waals surface area contributed by atoms with Gasteiger partial charge >= 0.3 is 0 Å². The van der Waals surface area contributed by atoms with Crippen LogP contribution in [0.4, 0.5) is 0 Å². The van der Waals surface area contributed by atoms with Gasteiger partial charge < -0.3 is 19.8 Å². The van der Waals surface area contributed by atoms with Gasteiger partial charge in [0.25, 0.3) is 0 Å². The van der Waals surface area contributed by atoms with Crippen LogP contribution in [0.25, 0.3) is 11.0 Å². The Morgan fingerprint density at radius 2 is 2.00 bits per heavy atom. The maximum Gasteiger partial charge on any atom is 0.131 e. The monoisotopic (exact) mass is 332 g/mol. The summed E-state index contributed by atoms with van der Waals surface area (Å²) in [4.78, 5) is 8.78. The molecule has 1 atom stereocenters. The molecule has 2 N–H and O–H groups in total. The van der Waals surface area contributed by atoms with Gasteiger partial charge in [-0.05, 0) is 12.1 Å². The Hall–Kier alpha value is -2.31. The van der Waals surface area contributed by atoms with E-state index in [4.69, 9.17) is 26.8 Å². The van der Waals surface area contributed by atoms with Gasteiger partial charge in [0.05, 0.1) is 37.8 Å². The number of rotatable bonds is 4. The molecule has 0 saturated heterocycles. The number of fused-ring (bicyclic) bond motifs is 1. The molecule has 0 saturated carbocycles. The lowest BCUT2D eigenvalue weighted by Crippen LogP contribution is -2.15. The molecule has 1 unspecified atom stereocenters. The Kier molecular flexibility index (Phi) is 4.11. The van der Waals surface area contributed by atoms with Crippen molar-refractivity contribution in [3.63, 3.8) is 0 Å². The first-order chi connectivity index (χ1) is 11.0. The van der Waals surface area contributed by atoms with Gasteiger partial charge in [0.1, 0.15) is 22.2 Å². The molecular formula is C16H17ClN4O2. The van der Waals surface area contributed by atoms with Crippen LogP contribution in [0.5, 0.6) is 11.5 Å². The Bertz CT molecular complexity index is 863. The fourth-order valence-corrected chi connectivity index (χ4v) is 2.75. The number of imidazole rings is 1. The van der Waals surface area contributed by atoms with E-state index >= 15 is 0 Å². The smallest absolute Gasteiger partial charge is 0.131 e. The van der Waals surface area contributed by atoms with Crippen LogP contribution in [0.3, 0.4) is 0 Å². The predicted molar refractivity (Wildman–Crippen MR) is 89.1 cm³/mol. The zero-order valence-corrected chi connectivity index (χ0v) is 13.8. The molecule has 23 heavy (non-hydrogen) atoms. The van der Waals surface area contributed by atoms with Crippen molar-refractivity contribution in [1.82, 2.24) is 14.5 Å². The lowest BCUT2D eigenvalue weighted by molar-refractivity contribution is 0.389. The van der Waals surface area contributed by atoms with Gasteiger partial charge in [-0.1, -0.05) is 11.6 Å². The Morgan fingerprint density at radius 3 is 2.70 bits per heavy atom. The number of halogens is 1. The molecule has 1 aromatic carbocycles. The predicted octanol–water partition coefficient (Wildman–Crippen LogP) is 2.69. The van der Waals surface area contributed by atoms with E-state index in [0.717, 1.165) is 16.6 Å². The van der Waals surface area contributed by atoms with E-state index in [0.29, 0.717) is 22.3 Å². The van der Waals surface area contributed by atoms with Crippen LogP contribution in [0.15, 0.2) is 30.6 Å². The molecule has 2 heterocycles. The van der Waals surface area contributed by atoms with Gasteiger partial charge in [0, 0.05) is 24.7 Å². The third kappa shape index (κ3) is 2.71. The van der Waals surface area contributed by atoms with Crippen LogP contribution in [-0.2, 0) is 7.05 Å². The molecule has 0 spiro atoms. The number of aromatic nitrogens is 3. The zero-order chi connectivity index (χ0) is 16.6. The average Bonchev–Trinajstić information content (AvgIpc) is 2.94. The standard InChI is InChI=1S/C16H17ClN4O2/c1-21-8-19-15-11(21)7-13(17)20-16(15)14(18)10-5-4-9(22-2)6-12(10)23-3/h4-8,14H,18H2,1-3H3. The molecule has 3 aromatic rings. The number of nitrogens with zero attached hydrogens (tertiary/aromatic N) is 3. The number of methoxy groups -OCH3 is 2. The molecule has 7 heteroatoms. The number of nitrogens with two attached hydrogens (primary N) is 1. The van der Waals surface area contributed by atoms with Gasteiger partial charge in [-0.2, -0.15) is 0 Å². The highest BCUT2D eigenvalue weighted by molar-refractivity contribution is 6.30. The summed E-state index contributed by atoms with van der Waals surface area (Å²) in [6, 6.07) is 6.73. The number of aryl methyl sites for hydroxylation is 1. The van der Waals surface area contributed by atoms with Gasteiger partial charge in [0.15, 0.2) is 0 Å². The van der Waals surface area contributed by atoms with Gasteiger partial charge in [-0.15, -0.1) is 0 Å². The zero-order valence-electron chi connectivity index (χ0n) is 13.1. The highest BCUT2D eigenvalue weighted by atomic mass is 35.5. The number of ether oxygens (including phenoxy) is 2. The minimum Gasteiger partial charge on any atom is -0.497 e. The summed E-state index contributed by atoms with van der Waals surface area (Å²) in [5.74, 6) is 1.32. The van der Waals surface area contributed by atoms with Crippen LogP contribution in [0.2, 0.25) is 5.15 Å². The maximum absolute atomic E-state index is 6.44. The molecule has 0 radical (unpaired) electrons. The van der Waals surface area contributed by atoms with Crippen molar-refractivity contribution < 1.29 is 9.47 Å². The summed E-state index contributed by atoms with van der Waals surface area (Å²) in [6.45, 7) is 0. The van der Waals surface area contributed by atoms with E-state index in [2.05, 4.69) is 9.97 Å². The fraction of sp³-hybridized carbons (Fsp3) is 0.250. The minimum atomic E-state index is -0.521. The second-order valence-corrected chi connectivity index (χ2v) is 5.53. The van der Waals surface area contributed by atoms with Gasteiger partial charge in [-0.25, -0.2) is 9.97 Å². The Labute approximate surface area is 138 Å². The minimum absolute atomic E-state index is 0.374. The number of hydrogen-bond acceptors (Lipinski definition) is 5. The third-order valence-electron chi connectivity index (χ3n) is 3.78. The average molecular weight is 333 g/mol. The summed E-state index contributed by atoms with van der Waals surface area (Å²) in [6.07, 6.45) is 1.71. The van der Waals surface area contributed by atoms with Crippen molar-refractivity contribution in [1.29, 1.82) is 0 Å². The first kappa shape index (κ1) is 15.6. The molecule has 120 valence electrons. The quantitative estimate of drug-likeness (QED) is 0.743. The van der Waals surface area contributed by atoms with Crippen molar-refractivity contribution in [2.45, 2.75) is 6.04 Å². The summed E-state index contributed by atoms with van der Waals surface area (Å²) in [7, 11) is 5.09. The SMILES string of the molecule is COc1ccc(C(N)c2nc(Cl)cc3c2ncn3C)c(OC)c1. The summed E-state index contributed by atoms with van der Waals surface area (Å²) >= 11 is 6.15. The Balaban J connectivity index is 2.16. The van der Waals surface area contributed by atoms with Gasteiger partial charge in [0.2, 0.25) is 0 Å². The van der Waals surface area contributed by atoms with E-state index in [1.165, 1.54) is 0 Å². The highest BCUT2D eigenvalue weighted by Crippen LogP contribution is 2.33. The molecule has 0 fully saturated rings. The van der Waals surface area contributed by atoms with Crippen LogP contribution in [0, 0.1) is 0 Å². The normalized spacial score (nSPS) is 12.4. The molecule has 2 aromatic heterocycles. The van der Waals surface area contributed by atoms with E-state index < -0.39 is 6.04 Å². The molecule has 0 aliphatic carbocycles. The van der Waals surface area contributed by atoms with Crippen LogP contribution >= 0.6 is 11.6 Å². The number of hydrogen-bond donors (Lipinski definition) is 1.